The minimum atomic E-state index is 0.637. The van der Waals surface area contributed by atoms with E-state index >= 15 is 0 Å². The Morgan fingerprint density at radius 2 is 1.38 bits per heavy atom. The van der Waals surface area contributed by atoms with Crippen LogP contribution in [0.2, 0.25) is 0 Å². The van der Waals surface area contributed by atoms with Gasteiger partial charge in [0.1, 0.15) is 0 Å². The standard InChI is InChI=1S/C26H38/c1-3-5-21-7-9-23(10-8-21)11-12-24-15-19-26(20-16-24)25-17-13-22(6-4-2)14-18-25/h7-10,22,24-26H,3-6,13-20H2,1-2H3. The molecule has 0 unspecified atom stereocenters. The van der Waals surface area contributed by atoms with Gasteiger partial charge in [0.05, 0.1) is 0 Å². The number of benzene rings is 1. The molecule has 142 valence electrons. The van der Waals surface area contributed by atoms with E-state index in [0.29, 0.717) is 5.92 Å². The van der Waals surface area contributed by atoms with E-state index in [4.69, 9.17) is 0 Å². The van der Waals surface area contributed by atoms with E-state index in [9.17, 15) is 0 Å². The number of hydrogen-bond acceptors (Lipinski definition) is 0. The molecule has 0 nitrogen and oxygen atoms in total. The molecule has 3 rings (SSSR count). The molecule has 2 fully saturated rings. The molecule has 0 amide bonds. The first-order chi connectivity index (χ1) is 12.8. The van der Waals surface area contributed by atoms with Crippen molar-refractivity contribution in [3.8, 4) is 11.8 Å². The molecule has 2 saturated carbocycles. The van der Waals surface area contributed by atoms with Crippen LogP contribution in [0.4, 0.5) is 0 Å². The molecule has 0 spiro atoms. The van der Waals surface area contributed by atoms with Crippen molar-refractivity contribution < 1.29 is 0 Å². The Labute approximate surface area is 162 Å². The number of hydrogen-bond donors (Lipinski definition) is 0. The molecule has 0 bridgehead atoms. The second kappa shape index (κ2) is 10.2. The Kier molecular flexibility index (Phi) is 7.67. The van der Waals surface area contributed by atoms with E-state index in [1.54, 1.807) is 0 Å². The van der Waals surface area contributed by atoms with Gasteiger partial charge in [0.2, 0.25) is 0 Å². The molecule has 0 aromatic heterocycles. The summed E-state index contributed by atoms with van der Waals surface area (Å²) in [5.41, 5.74) is 2.63. The van der Waals surface area contributed by atoms with Gasteiger partial charge < -0.3 is 0 Å². The molecule has 0 aliphatic heterocycles. The zero-order valence-corrected chi connectivity index (χ0v) is 17.1. The third kappa shape index (κ3) is 5.64. The van der Waals surface area contributed by atoms with E-state index in [0.717, 1.165) is 17.8 Å². The maximum Gasteiger partial charge on any atom is 0.0245 e. The Morgan fingerprint density at radius 1 is 0.769 bits per heavy atom. The van der Waals surface area contributed by atoms with Gasteiger partial charge in [-0.15, -0.1) is 0 Å². The highest BCUT2D eigenvalue weighted by Gasteiger charge is 2.30. The molecule has 2 aliphatic carbocycles. The first-order valence-corrected chi connectivity index (χ1v) is 11.4. The second-order valence-electron chi connectivity index (χ2n) is 8.90. The largest absolute Gasteiger partial charge is 0.0945 e. The van der Waals surface area contributed by atoms with Crippen LogP contribution in [0.1, 0.15) is 95.6 Å². The fraction of sp³-hybridized carbons (Fsp3) is 0.692. The Bertz CT molecular complexity index is 569. The zero-order valence-electron chi connectivity index (χ0n) is 17.1. The molecule has 0 saturated heterocycles. The molecule has 1 aromatic carbocycles. The minimum absolute atomic E-state index is 0.637. The third-order valence-electron chi connectivity index (χ3n) is 6.94. The predicted octanol–water partition coefficient (Wildman–Crippen LogP) is 7.40. The van der Waals surface area contributed by atoms with Gasteiger partial charge in [-0.05, 0) is 80.4 Å². The predicted molar refractivity (Wildman–Crippen MR) is 113 cm³/mol. The molecule has 0 N–H and O–H groups in total. The lowest BCUT2D eigenvalue weighted by molar-refractivity contribution is 0.154. The summed E-state index contributed by atoms with van der Waals surface area (Å²) in [7, 11) is 0. The fourth-order valence-electron chi connectivity index (χ4n) is 5.32. The van der Waals surface area contributed by atoms with Crippen LogP contribution in [0.25, 0.3) is 0 Å². The summed E-state index contributed by atoms with van der Waals surface area (Å²) in [6, 6.07) is 8.91. The average Bonchev–Trinajstić information content (AvgIpc) is 2.69. The summed E-state index contributed by atoms with van der Waals surface area (Å²) >= 11 is 0. The molecule has 0 atom stereocenters. The van der Waals surface area contributed by atoms with Crippen LogP contribution in [-0.4, -0.2) is 0 Å². The third-order valence-corrected chi connectivity index (χ3v) is 6.94. The maximum atomic E-state index is 3.59. The average molecular weight is 351 g/mol. The Hall–Kier alpha value is -1.22. The van der Waals surface area contributed by atoms with E-state index in [2.05, 4.69) is 50.0 Å². The molecule has 1 aromatic rings. The minimum Gasteiger partial charge on any atom is -0.0945 e. The first-order valence-electron chi connectivity index (χ1n) is 11.4. The summed E-state index contributed by atoms with van der Waals surface area (Å²) in [5.74, 6) is 10.7. The molecular weight excluding hydrogens is 312 g/mol. The molecule has 0 radical (unpaired) electrons. The Balaban J connectivity index is 1.43. The topological polar surface area (TPSA) is 0 Å². The normalized spacial score (nSPS) is 29.0. The second-order valence-corrected chi connectivity index (χ2v) is 8.90. The molecule has 2 aliphatic rings. The summed E-state index contributed by atoms with van der Waals surface area (Å²) in [6.07, 6.45) is 16.8. The van der Waals surface area contributed by atoms with Gasteiger partial charge in [-0.1, -0.05) is 69.9 Å². The molecule has 0 heterocycles. The number of rotatable bonds is 5. The molecule has 0 heteroatoms. The van der Waals surface area contributed by atoms with Crippen LogP contribution in [0.3, 0.4) is 0 Å². The van der Waals surface area contributed by atoms with Crippen LogP contribution >= 0.6 is 0 Å². The quantitative estimate of drug-likeness (QED) is 0.485. The van der Waals surface area contributed by atoms with E-state index in [-0.39, 0.29) is 0 Å². The lowest BCUT2D eigenvalue weighted by atomic mass is 9.69. The lowest BCUT2D eigenvalue weighted by Gasteiger charge is -2.37. The van der Waals surface area contributed by atoms with Crippen molar-refractivity contribution in [2.75, 3.05) is 0 Å². The van der Waals surface area contributed by atoms with Gasteiger partial charge in [0, 0.05) is 11.5 Å². The molecule has 26 heavy (non-hydrogen) atoms. The van der Waals surface area contributed by atoms with Crippen molar-refractivity contribution >= 4 is 0 Å². The van der Waals surface area contributed by atoms with Crippen LogP contribution in [0.5, 0.6) is 0 Å². The lowest BCUT2D eigenvalue weighted by Crippen LogP contribution is -2.25. The SMILES string of the molecule is CCCc1ccc(C#CC2CCC(C3CCC(CCC)CC3)CC2)cc1. The summed E-state index contributed by atoms with van der Waals surface area (Å²) in [6.45, 7) is 4.58. The van der Waals surface area contributed by atoms with Gasteiger partial charge in [-0.3, -0.25) is 0 Å². The van der Waals surface area contributed by atoms with Gasteiger partial charge >= 0.3 is 0 Å². The van der Waals surface area contributed by atoms with Crippen molar-refractivity contribution in [3.63, 3.8) is 0 Å². The van der Waals surface area contributed by atoms with Crippen molar-refractivity contribution in [3.05, 3.63) is 35.4 Å². The van der Waals surface area contributed by atoms with E-state index in [1.807, 2.05) is 0 Å². The van der Waals surface area contributed by atoms with E-state index < -0.39 is 0 Å². The van der Waals surface area contributed by atoms with Crippen LogP contribution < -0.4 is 0 Å². The summed E-state index contributed by atoms with van der Waals surface area (Å²) in [4.78, 5) is 0. The van der Waals surface area contributed by atoms with Gasteiger partial charge in [-0.2, -0.15) is 0 Å². The van der Waals surface area contributed by atoms with Gasteiger partial charge in [0.25, 0.3) is 0 Å². The van der Waals surface area contributed by atoms with E-state index in [1.165, 1.54) is 88.2 Å². The van der Waals surface area contributed by atoms with Crippen molar-refractivity contribution in [1.29, 1.82) is 0 Å². The van der Waals surface area contributed by atoms with Crippen LogP contribution in [-0.2, 0) is 6.42 Å². The van der Waals surface area contributed by atoms with Gasteiger partial charge in [0.15, 0.2) is 0 Å². The Morgan fingerprint density at radius 3 is 1.96 bits per heavy atom. The van der Waals surface area contributed by atoms with Crippen LogP contribution in [0, 0.1) is 35.5 Å². The highest BCUT2D eigenvalue weighted by molar-refractivity contribution is 5.36. The summed E-state index contributed by atoms with van der Waals surface area (Å²) < 4.78 is 0. The molecular formula is C26H38. The zero-order chi connectivity index (χ0) is 18.2. The van der Waals surface area contributed by atoms with Crippen LogP contribution in [0.15, 0.2) is 24.3 Å². The van der Waals surface area contributed by atoms with Gasteiger partial charge in [-0.25, -0.2) is 0 Å². The first kappa shape index (κ1) is 19.5. The van der Waals surface area contributed by atoms with Crippen molar-refractivity contribution in [2.45, 2.75) is 90.9 Å². The maximum absolute atomic E-state index is 3.59. The summed E-state index contributed by atoms with van der Waals surface area (Å²) in [5, 5.41) is 0. The van der Waals surface area contributed by atoms with Crippen molar-refractivity contribution in [2.24, 2.45) is 23.7 Å². The smallest absolute Gasteiger partial charge is 0.0245 e. The fourth-order valence-corrected chi connectivity index (χ4v) is 5.32. The van der Waals surface area contributed by atoms with Crippen molar-refractivity contribution in [1.82, 2.24) is 0 Å². The highest BCUT2D eigenvalue weighted by Crippen LogP contribution is 2.42. The highest BCUT2D eigenvalue weighted by atomic mass is 14.3. The number of aryl methyl sites for hydroxylation is 1. The monoisotopic (exact) mass is 350 g/mol.